The minimum Gasteiger partial charge on any atom is -0.463 e. The van der Waals surface area contributed by atoms with E-state index in [1.54, 1.807) is 6.92 Å². The van der Waals surface area contributed by atoms with Gasteiger partial charge in [-0.1, -0.05) is 0 Å². The first-order chi connectivity index (χ1) is 4.54. The van der Waals surface area contributed by atoms with E-state index < -0.39 is 11.6 Å². The van der Waals surface area contributed by atoms with Crippen LogP contribution in [0.5, 0.6) is 0 Å². The minimum absolute atomic E-state index is 0.0834. The maximum atomic E-state index is 12.6. The summed E-state index contributed by atoms with van der Waals surface area (Å²) >= 11 is 0. The Morgan fingerprint density at radius 1 is 1.90 bits per heavy atom. The van der Waals surface area contributed by atoms with Gasteiger partial charge in [0.05, 0.1) is 6.61 Å². The molecule has 3 nitrogen and oxygen atoms in total. The van der Waals surface area contributed by atoms with Gasteiger partial charge < -0.3 is 4.74 Å². The number of esters is 1. The van der Waals surface area contributed by atoms with Crippen LogP contribution >= 0.6 is 0 Å². The molecule has 0 rings (SSSR count). The molecule has 0 aromatic heterocycles. The van der Waals surface area contributed by atoms with Crippen LogP contribution in [-0.4, -0.2) is 18.2 Å². The van der Waals surface area contributed by atoms with Gasteiger partial charge in [0, 0.05) is 0 Å². The van der Waals surface area contributed by atoms with Gasteiger partial charge in [-0.2, -0.15) is 5.26 Å². The molecular weight excluding hydrogens is 137 g/mol. The summed E-state index contributed by atoms with van der Waals surface area (Å²) in [5.41, 5.74) is -2.50. The Balaban J connectivity index is 4.09. The SMILES string of the molecule is CCOC(=O)[C@](C)(F)C#N. The van der Waals surface area contributed by atoms with Crippen molar-refractivity contribution in [2.24, 2.45) is 0 Å². The molecule has 0 radical (unpaired) electrons. The van der Waals surface area contributed by atoms with Crippen molar-refractivity contribution in [3.05, 3.63) is 0 Å². The van der Waals surface area contributed by atoms with Gasteiger partial charge in [-0.05, 0) is 13.8 Å². The molecule has 0 aliphatic rings. The van der Waals surface area contributed by atoms with Crippen LogP contribution < -0.4 is 0 Å². The van der Waals surface area contributed by atoms with E-state index >= 15 is 0 Å². The van der Waals surface area contributed by atoms with Crippen molar-refractivity contribution in [3.8, 4) is 6.07 Å². The molecule has 0 aromatic carbocycles. The molecule has 0 aromatic rings. The quantitative estimate of drug-likeness (QED) is 0.540. The lowest BCUT2D eigenvalue weighted by atomic mass is 10.2. The van der Waals surface area contributed by atoms with Crippen molar-refractivity contribution >= 4 is 5.97 Å². The Hall–Kier alpha value is -1.11. The molecule has 0 heterocycles. The highest BCUT2D eigenvalue weighted by Gasteiger charge is 2.34. The molecule has 1 atom stereocenters. The predicted octanol–water partition coefficient (Wildman–Crippen LogP) is 0.801. The van der Waals surface area contributed by atoms with E-state index in [0.717, 1.165) is 6.92 Å². The normalized spacial score (nSPS) is 15.0. The molecule has 0 aliphatic carbocycles. The van der Waals surface area contributed by atoms with Crippen LogP contribution in [0.25, 0.3) is 0 Å². The summed E-state index contributed by atoms with van der Waals surface area (Å²) in [4.78, 5) is 10.5. The highest BCUT2D eigenvalue weighted by atomic mass is 19.1. The number of ether oxygens (including phenoxy) is 1. The van der Waals surface area contributed by atoms with Crippen molar-refractivity contribution < 1.29 is 13.9 Å². The third-order valence-electron chi connectivity index (χ3n) is 0.869. The second-order valence-electron chi connectivity index (χ2n) is 1.84. The van der Waals surface area contributed by atoms with Crippen LogP contribution in [0.3, 0.4) is 0 Å². The number of carbonyl (C=O) groups is 1. The zero-order valence-corrected chi connectivity index (χ0v) is 5.85. The zero-order chi connectivity index (χ0) is 8.20. The molecule has 56 valence electrons. The van der Waals surface area contributed by atoms with Crippen LogP contribution in [-0.2, 0) is 9.53 Å². The molecule has 0 unspecified atom stereocenters. The molecule has 0 saturated heterocycles. The summed E-state index contributed by atoms with van der Waals surface area (Å²) in [6.45, 7) is 2.50. The molecule has 0 bridgehead atoms. The number of halogens is 1. The smallest absolute Gasteiger partial charge is 0.358 e. The zero-order valence-electron chi connectivity index (χ0n) is 5.85. The van der Waals surface area contributed by atoms with E-state index in [1.165, 1.54) is 6.07 Å². The van der Waals surface area contributed by atoms with Crippen molar-refractivity contribution in [2.75, 3.05) is 6.61 Å². The highest BCUT2D eigenvalue weighted by Crippen LogP contribution is 2.09. The minimum atomic E-state index is -2.50. The van der Waals surface area contributed by atoms with Crippen LogP contribution in [0.15, 0.2) is 0 Å². The summed E-state index contributed by atoms with van der Waals surface area (Å²) in [5.74, 6) is -1.13. The number of hydrogen-bond acceptors (Lipinski definition) is 3. The van der Waals surface area contributed by atoms with E-state index in [9.17, 15) is 9.18 Å². The van der Waals surface area contributed by atoms with E-state index in [2.05, 4.69) is 4.74 Å². The lowest BCUT2D eigenvalue weighted by molar-refractivity contribution is -0.152. The standard InChI is InChI=1S/C6H8FNO2/c1-3-10-5(9)6(2,7)4-8/h3H2,1-2H3/t6-/m1/s1. The third-order valence-corrected chi connectivity index (χ3v) is 0.869. The van der Waals surface area contributed by atoms with Crippen LogP contribution in [0.2, 0.25) is 0 Å². The fourth-order valence-corrected chi connectivity index (χ4v) is 0.312. The third kappa shape index (κ3) is 2.02. The van der Waals surface area contributed by atoms with Gasteiger partial charge in [0.1, 0.15) is 6.07 Å². The second-order valence-corrected chi connectivity index (χ2v) is 1.84. The fourth-order valence-electron chi connectivity index (χ4n) is 0.312. The van der Waals surface area contributed by atoms with Crippen molar-refractivity contribution in [2.45, 2.75) is 19.5 Å². The highest BCUT2D eigenvalue weighted by molar-refractivity contribution is 5.82. The van der Waals surface area contributed by atoms with E-state index in [1.807, 2.05) is 0 Å². The number of nitriles is 1. The van der Waals surface area contributed by atoms with E-state index in [-0.39, 0.29) is 6.61 Å². The Morgan fingerprint density at radius 2 is 2.40 bits per heavy atom. The van der Waals surface area contributed by atoms with Crippen molar-refractivity contribution in [1.29, 1.82) is 5.26 Å². The molecule has 0 N–H and O–H groups in total. The molecule has 4 heteroatoms. The average molecular weight is 145 g/mol. The largest absolute Gasteiger partial charge is 0.463 e. The molecule has 0 fully saturated rings. The van der Waals surface area contributed by atoms with E-state index in [4.69, 9.17) is 5.26 Å². The van der Waals surface area contributed by atoms with Crippen LogP contribution in [0, 0.1) is 11.3 Å². The topological polar surface area (TPSA) is 50.1 Å². The molecule has 10 heavy (non-hydrogen) atoms. The number of alkyl halides is 1. The summed E-state index contributed by atoms with van der Waals surface area (Å²) in [5, 5.41) is 8.07. The maximum absolute atomic E-state index is 12.6. The van der Waals surface area contributed by atoms with Gasteiger partial charge in [0.2, 0.25) is 0 Å². The lowest BCUT2D eigenvalue weighted by Gasteiger charge is -2.08. The van der Waals surface area contributed by atoms with Crippen LogP contribution in [0.4, 0.5) is 4.39 Å². The van der Waals surface area contributed by atoms with Crippen LogP contribution in [0.1, 0.15) is 13.8 Å². The monoisotopic (exact) mass is 145 g/mol. The van der Waals surface area contributed by atoms with Gasteiger partial charge in [0.25, 0.3) is 5.67 Å². The summed E-state index contributed by atoms with van der Waals surface area (Å²) < 4.78 is 16.8. The molecule has 0 aliphatic heterocycles. The molecule has 0 saturated carbocycles. The number of hydrogen-bond donors (Lipinski definition) is 0. The lowest BCUT2D eigenvalue weighted by Crippen LogP contribution is -2.30. The van der Waals surface area contributed by atoms with Gasteiger partial charge >= 0.3 is 5.97 Å². The van der Waals surface area contributed by atoms with Crippen molar-refractivity contribution in [1.82, 2.24) is 0 Å². The van der Waals surface area contributed by atoms with Gasteiger partial charge in [0.15, 0.2) is 0 Å². The number of nitrogens with zero attached hydrogens (tertiary/aromatic N) is 1. The first-order valence-corrected chi connectivity index (χ1v) is 2.82. The van der Waals surface area contributed by atoms with Gasteiger partial charge in [-0.25, -0.2) is 9.18 Å². The molecular formula is C6H8FNO2. The Kier molecular flexibility index (Phi) is 2.81. The number of rotatable bonds is 2. The summed E-state index contributed by atoms with van der Waals surface area (Å²) in [6.07, 6.45) is 0. The Labute approximate surface area is 58.4 Å². The summed E-state index contributed by atoms with van der Waals surface area (Å²) in [6, 6.07) is 1.18. The van der Waals surface area contributed by atoms with E-state index in [0.29, 0.717) is 0 Å². The Bertz CT molecular complexity index is 171. The maximum Gasteiger partial charge on any atom is 0.358 e. The van der Waals surface area contributed by atoms with Gasteiger partial charge in [-0.3, -0.25) is 0 Å². The predicted molar refractivity (Wildman–Crippen MR) is 31.8 cm³/mol. The number of carbonyl (C=O) groups excluding carboxylic acids is 1. The fraction of sp³-hybridized carbons (Fsp3) is 0.667. The molecule has 0 amide bonds. The average Bonchev–Trinajstić information content (AvgIpc) is 1.89. The second kappa shape index (κ2) is 3.16. The first-order valence-electron chi connectivity index (χ1n) is 2.82. The summed E-state index contributed by atoms with van der Waals surface area (Å²) in [7, 11) is 0. The Morgan fingerprint density at radius 3 is 2.70 bits per heavy atom. The first kappa shape index (κ1) is 8.89. The van der Waals surface area contributed by atoms with Crippen molar-refractivity contribution in [3.63, 3.8) is 0 Å². The molecule has 0 spiro atoms. The van der Waals surface area contributed by atoms with Gasteiger partial charge in [-0.15, -0.1) is 0 Å².